The van der Waals surface area contributed by atoms with Gasteiger partial charge in [-0.3, -0.25) is 19.3 Å². The molecule has 1 atom stereocenters. The van der Waals surface area contributed by atoms with Crippen LogP contribution in [0.15, 0.2) is 51.4 Å². The molecule has 190 valence electrons. The van der Waals surface area contributed by atoms with Gasteiger partial charge in [0.15, 0.2) is 11.9 Å². The maximum Gasteiger partial charge on any atom is 0.251 e. The minimum atomic E-state index is -1.00. The molecular weight excluding hydrogens is 460 g/mol. The van der Waals surface area contributed by atoms with Gasteiger partial charge < -0.3 is 19.6 Å². The Morgan fingerprint density at radius 2 is 1.81 bits per heavy atom. The molecule has 4 rings (SSSR count). The number of hydrogen-bond donors (Lipinski definition) is 2. The van der Waals surface area contributed by atoms with E-state index in [1.807, 2.05) is 25.1 Å². The Balaban J connectivity index is 1.60. The summed E-state index contributed by atoms with van der Waals surface area (Å²) in [4.78, 5) is 41.2. The minimum Gasteiger partial charge on any atom is -0.464 e. The molecule has 36 heavy (non-hydrogen) atoms. The molecular formula is C27H32N4O5. The molecule has 0 unspecified atom stereocenters. The van der Waals surface area contributed by atoms with Crippen molar-refractivity contribution in [3.63, 3.8) is 0 Å². The van der Waals surface area contributed by atoms with Crippen molar-refractivity contribution in [1.29, 1.82) is 0 Å². The van der Waals surface area contributed by atoms with Crippen LogP contribution in [0, 0.1) is 20.8 Å². The largest absolute Gasteiger partial charge is 0.464 e. The van der Waals surface area contributed by atoms with Crippen molar-refractivity contribution in [3.05, 3.63) is 65.3 Å². The predicted octanol–water partition coefficient (Wildman–Crippen LogP) is 4.74. The molecule has 9 heteroatoms. The first-order chi connectivity index (χ1) is 17.3. The van der Waals surface area contributed by atoms with Gasteiger partial charge in [0.25, 0.3) is 5.91 Å². The number of anilines is 2. The summed E-state index contributed by atoms with van der Waals surface area (Å²) in [5.41, 5.74) is 1.50. The topological polar surface area (TPSA) is 118 Å². The number of amides is 3. The van der Waals surface area contributed by atoms with Crippen molar-refractivity contribution in [2.24, 2.45) is 0 Å². The quantitative estimate of drug-likeness (QED) is 0.445. The van der Waals surface area contributed by atoms with Crippen molar-refractivity contribution in [2.45, 2.75) is 71.4 Å². The summed E-state index contributed by atoms with van der Waals surface area (Å²) in [5.74, 6) is 0.836. The fourth-order valence-electron chi connectivity index (χ4n) is 4.51. The van der Waals surface area contributed by atoms with Gasteiger partial charge in [0.2, 0.25) is 11.8 Å². The van der Waals surface area contributed by atoms with Crippen LogP contribution in [0.1, 0.15) is 67.4 Å². The number of aromatic nitrogens is 1. The summed E-state index contributed by atoms with van der Waals surface area (Å²) in [6, 6.07) is 11.6. The van der Waals surface area contributed by atoms with E-state index >= 15 is 0 Å². The van der Waals surface area contributed by atoms with Crippen LogP contribution in [-0.2, 0) is 14.4 Å². The molecule has 1 fully saturated rings. The van der Waals surface area contributed by atoms with Crippen LogP contribution in [0.2, 0.25) is 0 Å². The number of benzene rings is 1. The van der Waals surface area contributed by atoms with E-state index in [2.05, 4.69) is 15.8 Å². The number of rotatable bonds is 9. The maximum atomic E-state index is 13.7. The molecule has 1 aliphatic rings. The lowest BCUT2D eigenvalue weighted by atomic mass is 10.1. The highest BCUT2D eigenvalue weighted by atomic mass is 16.5. The zero-order chi connectivity index (χ0) is 25.7. The predicted molar refractivity (Wildman–Crippen MR) is 134 cm³/mol. The summed E-state index contributed by atoms with van der Waals surface area (Å²) < 4.78 is 10.8. The lowest BCUT2D eigenvalue weighted by Crippen LogP contribution is -2.46. The number of aryl methyl sites for hydroxylation is 3. The molecule has 9 nitrogen and oxygen atoms in total. The second-order valence-electron chi connectivity index (χ2n) is 9.31. The van der Waals surface area contributed by atoms with Gasteiger partial charge in [-0.05, 0) is 63.4 Å². The first-order valence-electron chi connectivity index (χ1n) is 12.3. The SMILES string of the molecule is Cc1cccc(N(C(=O)CCC(=O)Nc2cc(C)on2)[C@@H](C(=O)NC2CCCC2)c2ccc(C)o2)c1. The number of hydrogen-bond acceptors (Lipinski definition) is 6. The Labute approximate surface area is 210 Å². The van der Waals surface area contributed by atoms with Gasteiger partial charge in [0.05, 0.1) is 0 Å². The van der Waals surface area contributed by atoms with E-state index in [-0.39, 0.29) is 36.6 Å². The molecule has 0 saturated heterocycles. The van der Waals surface area contributed by atoms with E-state index in [0.29, 0.717) is 28.8 Å². The van der Waals surface area contributed by atoms with Crippen LogP contribution in [0.4, 0.5) is 11.5 Å². The maximum absolute atomic E-state index is 13.7. The van der Waals surface area contributed by atoms with Crippen LogP contribution in [0.5, 0.6) is 0 Å². The molecule has 3 aromatic rings. The molecule has 3 amide bonds. The zero-order valence-corrected chi connectivity index (χ0v) is 20.9. The number of nitrogens with zero attached hydrogens (tertiary/aromatic N) is 2. The summed E-state index contributed by atoms with van der Waals surface area (Å²) >= 11 is 0. The number of nitrogens with one attached hydrogen (secondary N) is 2. The second kappa shape index (κ2) is 11.2. The van der Waals surface area contributed by atoms with Crippen molar-refractivity contribution >= 4 is 29.2 Å². The van der Waals surface area contributed by atoms with E-state index in [4.69, 9.17) is 8.94 Å². The van der Waals surface area contributed by atoms with Crippen LogP contribution in [0.3, 0.4) is 0 Å². The van der Waals surface area contributed by atoms with Crippen LogP contribution < -0.4 is 15.5 Å². The first-order valence-corrected chi connectivity index (χ1v) is 12.3. The summed E-state index contributed by atoms with van der Waals surface area (Å²) in [6.45, 7) is 5.44. The average molecular weight is 493 g/mol. The fourth-order valence-corrected chi connectivity index (χ4v) is 4.51. The van der Waals surface area contributed by atoms with Gasteiger partial charge >= 0.3 is 0 Å². The Bertz CT molecular complexity index is 1220. The minimum absolute atomic E-state index is 0.0715. The highest BCUT2D eigenvalue weighted by Gasteiger charge is 2.36. The summed E-state index contributed by atoms with van der Waals surface area (Å²) in [7, 11) is 0. The summed E-state index contributed by atoms with van der Waals surface area (Å²) in [6.07, 6.45) is 3.77. The third-order valence-electron chi connectivity index (χ3n) is 6.25. The molecule has 0 bridgehead atoms. The highest BCUT2D eigenvalue weighted by Crippen LogP contribution is 2.31. The third kappa shape index (κ3) is 6.21. The molecule has 0 radical (unpaired) electrons. The normalized spacial score (nSPS) is 14.4. The molecule has 2 heterocycles. The number of carbonyl (C=O) groups is 3. The highest BCUT2D eigenvalue weighted by molar-refractivity contribution is 6.03. The van der Waals surface area contributed by atoms with E-state index in [9.17, 15) is 14.4 Å². The number of carbonyl (C=O) groups excluding carboxylic acids is 3. The van der Waals surface area contributed by atoms with Crippen LogP contribution >= 0.6 is 0 Å². The Morgan fingerprint density at radius 1 is 1.03 bits per heavy atom. The molecule has 0 spiro atoms. The molecule has 2 N–H and O–H groups in total. The monoisotopic (exact) mass is 492 g/mol. The summed E-state index contributed by atoms with van der Waals surface area (Å²) in [5, 5.41) is 9.49. The van der Waals surface area contributed by atoms with Crippen LogP contribution in [-0.4, -0.2) is 28.9 Å². The van der Waals surface area contributed by atoms with Crippen molar-refractivity contribution < 1.29 is 23.3 Å². The molecule has 1 aromatic carbocycles. The van der Waals surface area contributed by atoms with E-state index in [0.717, 1.165) is 31.2 Å². The van der Waals surface area contributed by atoms with Gasteiger partial charge in [0.1, 0.15) is 17.3 Å². The lowest BCUT2D eigenvalue weighted by molar-refractivity contribution is -0.128. The van der Waals surface area contributed by atoms with Crippen molar-refractivity contribution in [1.82, 2.24) is 10.5 Å². The van der Waals surface area contributed by atoms with Gasteiger partial charge in [-0.15, -0.1) is 0 Å². The molecule has 2 aromatic heterocycles. The van der Waals surface area contributed by atoms with Crippen molar-refractivity contribution in [2.75, 3.05) is 10.2 Å². The average Bonchev–Trinajstić information content (AvgIpc) is 3.59. The van der Waals surface area contributed by atoms with Gasteiger partial charge in [-0.2, -0.15) is 0 Å². The standard InChI is InChI=1S/C27H32N4O5/c1-17-7-6-10-21(15-17)31(25(33)14-13-24(32)29-23-16-19(3)36-30-23)26(22-12-11-18(2)35-22)27(34)28-20-8-4-5-9-20/h6-7,10-12,15-16,20,26H,4-5,8-9,13-14H2,1-3H3,(H,28,34)(H,29,30,32)/t26-/m1/s1. The van der Waals surface area contributed by atoms with E-state index in [1.54, 1.807) is 38.1 Å². The fraction of sp³-hybridized carbons (Fsp3) is 0.407. The number of furan rings is 1. The molecule has 1 aliphatic carbocycles. The Kier molecular flexibility index (Phi) is 7.87. The van der Waals surface area contributed by atoms with E-state index < -0.39 is 6.04 Å². The third-order valence-corrected chi connectivity index (χ3v) is 6.25. The second-order valence-corrected chi connectivity index (χ2v) is 9.31. The van der Waals surface area contributed by atoms with Crippen molar-refractivity contribution in [3.8, 4) is 0 Å². The molecule has 0 aliphatic heterocycles. The van der Waals surface area contributed by atoms with E-state index in [1.165, 1.54) is 4.90 Å². The first kappa shape index (κ1) is 25.2. The smallest absolute Gasteiger partial charge is 0.251 e. The Hall–Kier alpha value is -3.88. The van der Waals surface area contributed by atoms with Gasteiger partial charge in [0, 0.05) is 30.6 Å². The van der Waals surface area contributed by atoms with Gasteiger partial charge in [-0.1, -0.05) is 30.1 Å². The lowest BCUT2D eigenvalue weighted by Gasteiger charge is -2.31. The van der Waals surface area contributed by atoms with Gasteiger partial charge in [-0.25, -0.2) is 0 Å². The zero-order valence-electron chi connectivity index (χ0n) is 20.9. The van der Waals surface area contributed by atoms with Crippen LogP contribution in [0.25, 0.3) is 0 Å². The molecule has 1 saturated carbocycles. The Morgan fingerprint density at radius 3 is 2.44 bits per heavy atom.